The summed E-state index contributed by atoms with van der Waals surface area (Å²) in [7, 11) is 1.30. The Balaban J connectivity index is 1.70. The summed E-state index contributed by atoms with van der Waals surface area (Å²) < 4.78 is 9.88. The van der Waals surface area contributed by atoms with Gasteiger partial charge in [-0.15, -0.1) is 0 Å². The summed E-state index contributed by atoms with van der Waals surface area (Å²) in [6.45, 7) is 3.44. The standard InChI is InChI=1S/C17H17N5O4/c1-9-13(17(24)25-3)10(2)20-14(9)16(23)19-8-12-21-15(22-26-12)11-4-6-18-7-5-11/h4-7,20H,8H2,1-3H3,(H,19,23). The zero-order chi connectivity index (χ0) is 18.7. The van der Waals surface area contributed by atoms with E-state index in [0.717, 1.165) is 5.56 Å². The minimum absolute atomic E-state index is 0.0575. The molecule has 0 aliphatic rings. The molecule has 0 bridgehead atoms. The second-order valence-corrected chi connectivity index (χ2v) is 5.55. The fourth-order valence-electron chi connectivity index (χ4n) is 2.57. The molecule has 0 radical (unpaired) electrons. The summed E-state index contributed by atoms with van der Waals surface area (Å²) in [5.74, 6) is -0.200. The van der Waals surface area contributed by atoms with E-state index in [0.29, 0.717) is 22.6 Å². The van der Waals surface area contributed by atoms with Gasteiger partial charge in [-0.1, -0.05) is 5.16 Å². The lowest BCUT2D eigenvalue weighted by Gasteiger charge is -2.02. The van der Waals surface area contributed by atoms with Crippen LogP contribution < -0.4 is 5.32 Å². The van der Waals surface area contributed by atoms with Crippen LogP contribution in [0.2, 0.25) is 0 Å². The Hall–Kier alpha value is -3.49. The highest BCUT2D eigenvalue weighted by atomic mass is 16.5. The predicted molar refractivity (Wildman–Crippen MR) is 90.3 cm³/mol. The van der Waals surface area contributed by atoms with Crippen LogP contribution in [0.3, 0.4) is 0 Å². The number of aryl methyl sites for hydroxylation is 1. The second kappa shape index (κ2) is 7.18. The van der Waals surface area contributed by atoms with Crippen molar-refractivity contribution in [3.8, 4) is 11.4 Å². The molecule has 0 spiro atoms. The summed E-state index contributed by atoms with van der Waals surface area (Å²) in [4.78, 5) is 35.3. The predicted octanol–water partition coefficient (Wildman–Crippen LogP) is 1.79. The Morgan fingerprint density at radius 1 is 1.27 bits per heavy atom. The number of aromatic nitrogens is 4. The van der Waals surface area contributed by atoms with E-state index in [2.05, 4.69) is 25.4 Å². The van der Waals surface area contributed by atoms with Crippen molar-refractivity contribution in [3.05, 3.63) is 52.9 Å². The van der Waals surface area contributed by atoms with Crippen LogP contribution in [-0.4, -0.2) is 39.1 Å². The third kappa shape index (κ3) is 3.32. The lowest BCUT2D eigenvalue weighted by molar-refractivity contribution is 0.0599. The van der Waals surface area contributed by atoms with E-state index in [1.54, 1.807) is 38.4 Å². The molecule has 0 aliphatic carbocycles. The SMILES string of the molecule is COC(=O)c1c(C)[nH]c(C(=O)NCc2nc(-c3ccncc3)no2)c1C. The van der Waals surface area contributed by atoms with Gasteiger partial charge in [0.1, 0.15) is 5.69 Å². The van der Waals surface area contributed by atoms with Gasteiger partial charge in [0.05, 0.1) is 19.2 Å². The molecule has 26 heavy (non-hydrogen) atoms. The number of ether oxygens (including phenoxy) is 1. The molecule has 3 aromatic rings. The zero-order valence-corrected chi connectivity index (χ0v) is 14.5. The van der Waals surface area contributed by atoms with Crippen molar-refractivity contribution in [2.24, 2.45) is 0 Å². The first-order valence-corrected chi connectivity index (χ1v) is 7.80. The van der Waals surface area contributed by atoms with Crippen molar-refractivity contribution in [2.45, 2.75) is 20.4 Å². The van der Waals surface area contributed by atoms with E-state index in [4.69, 9.17) is 9.26 Å². The Labute approximate surface area is 148 Å². The van der Waals surface area contributed by atoms with Crippen LogP contribution in [0.15, 0.2) is 29.0 Å². The minimum Gasteiger partial charge on any atom is -0.465 e. The van der Waals surface area contributed by atoms with Crippen molar-refractivity contribution in [2.75, 3.05) is 7.11 Å². The molecule has 0 atom stereocenters. The summed E-state index contributed by atoms with van der Waals surface area (Å²) in [5, 5.41) is 6.56. The molecular weight excluding hydrogens is 338 g/mol. The smallest absolute Gasteiger partial charge is 0.339 e. The molecule has 3 heterocycles. The molecule has 3 rings (SSSR count). The lowest BCUT2D eigenvalue weighted by Crippen LogP contribution is -2.24. The van der Waals surface area contributed by atoms with Crippen molar-refractivity contribution in [3.63, 3.8) is 0 Å². The molecule has 0 aromatic carbocycles. The number of hydrogen-bond donors (Lipinski definition) is 2. The van der Waals surface area contributed by atoms with Crippen molar-refractivity contribution < 1.29 is 18.8 Å². The molecule has 0 saturated carbocycles. The largest absolute Gasteiger partial charge is 0.465 e. The van der Waals surface area contributed by atoms with Crippen LogP contribution >= 0.6 is 0 Å². The van der Waals surface area contributed by atoms with E-state index in [-0.39, 0.29) is 24.0 Å². The second-order valence-electron chi connectivity index (χ2n) is 5.55. The summed E-state index contributed by atoms with van der Waals surface area (Å²) in [6.07, 6.45) is 3.25. The highest BCUT2D eigenvalue weighted by Crippen LogP contribution is 2.19. The Kier molecular flexibility index (Phi) is 4.78. The Bertz CT molecular complexity index is 945. The fraction of sp³-hybridized carbons (Fsp3) is 0.235. The van der Waals surface area contributed by atoms with Crippen molar-refractivity contribution >= 4 is 11.9 Å². The molecule has 134 valence electrons. The van der Waals surface area contributed by atoms with Gasteiger partial charge in [-0.2, -0.15) is 4.98 Å². The van der Waals surface area contributed by atoms with E-state index in [1.165, 1.54) is 7.11 Å². The van der Waals surface area contributed by atoms with Crippen LogP contribution in [0.5, 0.6) is 0 Å². The molecule has 2 N–H and O–H groups in total. The molecule has 0 unspecified atom stereocenters. The Morgan fingerprint density at radius 3 is 2.69 bits per heavy atom. The summed E-state index contributed by atoms with van der Waals surface area (Å²) >= 11 is 0. The van der Waals surface area contributed by atoms with Crippen molar-refractivity contribution in [1.29, 1.82) is 0 Å². The molecule has 3 aromatic heterocycles. The number of aromatic amines is 1. The molecule has 0 saturated heterocycles. The summed E-state index contributed by atoms with van der Waals surface area (Å²) in [6, 6.07) is 3.51. The highest BCUT2D eigenvalue weighted by molar-refractivity contribution is 6.00. The first kappa shape index (κ1) is 17.3. The Morgan fingerprint density at radius 2 is 2.00 bits per heavy atom. The van der Waals surface area contributed by atoms with Gasteiger partial charge in [0, 0.05) is 23.7 Å². The van der Waals surface area contributed by atoms with Gasteiger partial charge in [0.15, 0.2) is 0 Å². The maximum Gasteiger partial charge on any atom is 0.339 e. The van der Waals surface area contributed by atoms with Crippen LogP contribution in [0.25, 0.3) is 11.4 Å². The normalized spacial score (nSPS) is 10.6. The first-order chi connectivity index (χ1) is 12.5. The molecule has 0 aliphatic heterocycles. The number of H-pyrrole nitrogens is 1. The topological polar surface area (TPSA) is 123 Å². The minimum atomic E-state index is -0.491. The van der Waals surface area contributed by atoms with Gasteiger partial charge in [-0.25, -0.2) is 4.79 Å². The molecule has 1 amide bonds. The number of rotatable bonds is 5. The number of esters is 1. The van der Waals surface area contributed by atoms with Crippen LogP contribution in [0.1, 0.15) is 38.0 Å². The van der Waals surface area contributed by atoms with Crippen LogP contribution in [0, 0.1) is 13.8 Å². The fourth-order valence-corrected chi connectivity index (χ4v) is 2.57. The number of nitrogens with one attached hydrogen (secondary N) is 2. The number of hydrogen-bond acceptors (Lipinski definition) is 7. The van der Waals surface area contributed by atoms with Gasteiger partial charge in [-0.3, -0.25) is 9.78 Å². The van der Waals surface area contributed by atoms with Crippen molar-refractivity contribution in [1.82, 2.24) is 25.4 Å². The first-order valence-electron chi connectivity index (χ1n) is 7.80. The number of amides is 1. The van der Waals surface area contributed by atoms with Gasteiger partial charge in [-0.05, 0) is 31.5 Å². The van der Waals surface area contributed by atoms with Gasteiger partial charge in [0.25, 0.3) is 5.91 Å². The number of carbonyl (C=O) groups is 2. The molecular formula is C17H17N5O4. The van der Waals surface area contributed by atoms with E-state index in [1.807, 2.05) is 0 Å². The van der Waals surface area contributed by atoms with E-state index < -0.39 is 5.97 Å². The number of pyridine rings is 1. The third-order valence-electron chi connectivity index (χ3n) is 3.86. The number of methoxy groups -OCH3 is 1. The lowest BCUT2D eigenvalue weighted by atomic mass is 10.1. The zero-order valence-electron chi connectivity index (χ0n) is 14.5. The van der Waals surface area contributed by atoms with E-state index >= 15 is 0 Å². The van der Waals surface area contributed by atoms with Crippen LogP contribution in [-0.2, 0) is 11.3 Å². The monoisotopic (exact) mass is 355 g/mol. The number of carbonyl (C=O) groups excluding carboxylic acids is 2. The molecule has 0 fully saturated rings. The van der Waals surface area contributed by atoms with Gasteiger partial charge < -0.3 is 19.6 Å². The van der Waals surface area contributed by atoms with Gasteiger partial charge in [0.2, 0.25) is 11.7 Å². The summed E-state index contributed by atoms with van der Waals surface area (Å²) in [5.41, 5.74) is 2.50. The quantitative estimate of drug-likeness (QED) is 0.669. The average Bonchev–Trinajstić information content (AvgIpc) is 3.24. The number of nitrogens with zero attached hydrogens (tertiary/aromatic N) is 3. The van der Waals surface area contributed by atoms with Crippen LogP contribution in [0.4, 0.5) is 0 Å². The highest BCUT2D eigenvalue weighted by Gasteiger charge is 2.22. The maximum atomic E-state index is 12.4. The van der Waals surface area contributed by atoms with E-state index in [9.17, 15) is 9.59 Å². The molecule has 9 heteroatoms. The molecule has 9 nitrogen and oxygen atoms in total. The maximum absolute atomic E-state index is 12.4. The van der Waals surface area contributed by atoms with Gasteiger partial charge >= 0.3 is 5.97 Å². The average molecular weight is 355 g/mol. The third-order valence-corrected chi connectivity index (χ3v) is 3.86.